The number of aryl methyl sites for hydroxylation is 1. The summed E-state index contributed by atoms with van der Waals surface area (Å²) in [6.07, 6.45) is 0. The Bertz CT molecular complexity index is 1390. The van der Waals surface area contributed by atoms with Crippen LogP contribution in [0.1, 0.15) is 21.5 Å². The van der Waals surface area contributed by atoms with Crippen LogP contribution in [-0.2, 0) is 6.54 Å². The molecule has 0 fully saturated rings. The molecule has 0 bridgehead atoms. The van der Waals surface area contributed by atoms with Crippen molar-refractivity contribution in [1.82, 2.24) is 15.5 Å². The van der Waals surface area contributed by atoms with Crippen molar-refractivity contribution in [2.75, 3.05) is 0 Å². The number of carbonyl (C=O) groups is 1. The number of amides is 1. The summed E-state index contributed by atoms with van der Waals surface area (Å²) in [5.41, 5.74) is 6.80. The van der Waals surface area contributed by atoms with Crippen molar-refractivity contribution in [1.29, 1.82) is 0 Å². The molecule has 0 aliphatic heterocycles. The fraction of sp³-hybridized carbons (Fsp3) is 0.0714. The quantitative estimate of drug-likeness (QED) is 0.361. The maximum Gasteiger partial charge on any atom is 0.251 e. The van der Waals surface area contributed by atoms with Gasteiger partial charge in [0.1, 0.15) is 0 Å². The highest BCUT2D eigenvalue weighted by atomic mass is 16.1. The molecule has 0 atom stereocenters. The van der Waals surface area contributed by atoms with E-state index in [0.717, 1.165) is 28.1 Å². The Kier molecular flexibility index (Phi) is 5.26. The standard InChI is InChI=1S/C28H23N3O/c1-19-6-4-7-20(16-19)18-29-28(32)23-14-12-22(13-15-23)26-17-27(31-30-26)25-11-5-9-21-8-2-3-10-24(21)25/h2-17H,18H2,1H3,(H,29,32)(H,30,31). The van der Waals surface area contributed by atoms with Gasteiger partial charge in [0.15, 0.2) is 0 Å². The van der Waals surface area contributed by atoms with E-state index in [4.69, 9.17) is 0 Å². The van der Waals surface area contributed by atoms with Gasteiger partial charge in [-0.3, -0.25) is 9.89 Å². The molecule has 1 aromatic heterocycles. The molecule has 32 heavy (non-hydrogen) atoms. The number of aromatic amines is 1. The monoisotopic (exact) mass is 417 g/mol. The summed E-state index contributed by atoms with van der Waals surface area (Å²) in [5.74, 6) is -0.0865. The maximum absolute atomic E-state index is 12.5. The summed E-state index contributed by atoms with van der Waals surface area (Å²) < 4.78 is 0. The van der Waals surface area contributed by atoms with Gasteiger partial charge in [0, 0.05) is 23.2 Å². The number of carbonyl (C=O) groups excluding carboxylic acids is 1. The zero-order chi connectivity index (χ0) is 21.9. The number of rotatable bonds is 5. The molecule has 2 N–H and O–H groups in total. The van der Waals surface area contributed by atoms with Crippen LogP contribution in [0.15, 0.2) is 97.1 Å². The summed E-state index contributed by atoms with van der Waals surface area (Å²) in [6, 6.07) is 32.3. The van der Waals surface area contributed by atoms with E-state index in [0.29, 0.717) is 12.1 Å². The fourth-order valence-corrected chi connectivity index (χ4v) is 3.97. The highest BCUT2D eigenvalue weighted by Gasteiger charge is 2.10. The summed E-state index contributed by atoms with van der Waals surface area (Å²) >= 11 is 0. The number of aromatic nitrogens is 2. The minimum Gasteiger partial charge on any atom is -0.348 e. The molecule has 1 heterocycles. The lowest BCUT2D eigenvalue weighted by Crippen LogP contribution is -2.22. The molecular weight excluding hydrogens is 394 g/mol. The Balaban J connectivity index is 1.32. The molecular formula is C28H23N3O. The summed E-state index contributed by atoms with van der Waals surface area (Å²) in [7, 11) is 0. The van der Waals surface area contributed by atoms with Crippen molar-refractivity contribution >= 4 is 16.7 Å². The lowest BCUT2D eigenvalue weighted by Gasteiger charge is -2.07. The molecule has 0 unspecified atom stereocenters. The Hall–Kier alpha value is -4.18. The van der Waals surface area contributed by atoms with E-state index in [1.807, 2.05) is 61.5 Å². The Morgan fingerprint density at radius 1 is 0.875 bits per heavy atom. The van der Waals surface area contributed by atoms with Gasteiger partial charge in [0.25, 0.3) is 5.91 Å². The molecule has 4 aromatic carbocycles. The second kappa shape index (κ2) is 8.52. The lowest BCUT2D eigenvalue weighted by molar-refractivity contribution is 0.0951. The van der Waals surface area contributed by atoms with Gasteiger partial charge in [-0.1, -0.05) is 84.4 Å². The topological polar surface area (TPSA) is 57.8 Å². The molecule has 4 heteroatoms. The van der Waals surface area contributed by atoms with Crippen LogP contribution in [0.2, 0.25) is 0 Å². The Morgan fingerprint density at radius 3 is 2.50 bits per heavy atom. The van der Waals surface area contributed by atoms with Crippen LogP contribution in [0.3, 0.4) is 0 Å². The van der Waals surface area contributed by atoms with Crippen LogP contribution >= 0.6 is 0 Å². The first-order valence-corrected chi connectivity index (χ1v) is 10.6. The second-order valence-electron chi connectivity index (χ2n) is 7.94. The van der Waals surface area contributed by atoms with E-state index in [-0.39, 0.29) is 5.91 Å². The second-order valence-corrected chi connectivity index (χ2v) is 7.94. The highest BCUT2D eigenvalue weighted by Crippen LogP contribution is 2.29. The molecule has 0 saturated heterocycles. The number of H-pyrrole nitrogens is 1. The predicted octanol–water partition coefficient (Wildman–Crippen LogP) is 6.14. The number of hydrogen-bond acceptors (Lipinski definition) is 2. The molecule has 5 aromatic rings. The normalized spacial score (nSPS) is 10.9. The van der Waals surface area contributed by atoms with Gasteiger partial charge in [-0.25, -0.2) is 0 Å². The van der Waals surface area contributed by atoms with Crippen LogP contribution in [0.25, 0.3) is 33.3 Å². The van der Waals surface area contributed by atoms with Gasteiger partial charge in [-0.2, -0.15) is 5.10 Å². The van der Waals surface area contributed by atoms with Crippen LogP contribution in [0, 0.1) is 6.92 Å². The van der Waals surface area contributed by atoms with Gasteiger partial charge in [0.2, 0.25) is 0 Å². The minimum atomic E-state index is -0.0865. The molecule has 0 radical (unpaired) electrons. The van der Waals surface area contributed by atoms with E-state index < -0.39 is 0 Å². The van der Waals surface area contributed by atoms with E-state index in [9.17, 15) is 4.79 Å². The number of hydrogen-bond donors (Lipinski definition) is 2. The van der Waals surface area contributed by atoms with Crippen molar-refractivity contribution in [2.45, 2.75) is 13.5 Å². The largest absolute Gasteiger partial charge is 0.348 e. The summed E-state index contributed by atoms with van der Waals surface area (Å²) in [4.78, 5) is 12.5. The van der Waals surface area contributed by atoms with Gasteiger partial charge < -0.3 is 5.32 Å². The van der Waals surface area contributed by atoms with Gasteiger partial charge in [0.05, 0.1) is 11.4 Å². The molecule has 0 aliphatic rings. The number of fused-ring (bicyclic) bond motifs is 1. The van der Waals surface area contributed by atoms with Crippen molar-refractivity contribution < 1.29 is 4.79 Å². The van der Waals surface area contributed by atoms with Crippen molar-refractivity contribution in [3.8, 4) is 22.5 Å². The summed E-state index contributed by atoms with van der Waals surface area (Å²) in [5, 5.41) is 13.0. The van der Waals surface area contributed by atoms with Crippen LogP contribution in [0.5, 0.6) is 0 Å². The molecule has 156 valence electrons. The predicted molar refractivity (Wildman–Crippen MR) is 129 cm³/mol. The first kappa shape index (κ1) is 19.8. The molecule has 0 saturated carbocycles. The van der Waals surface area contributed by atoms with Crippen LogP contribution < -0.4 is 5.32 Å². The first-order chi connectivity index (χ1) is 15.7. The first-order valence-electron chi connectivity index (χ1n) is 10.6. The minimum absolute atomic E-state index is 0.0865. The number of nitrogens with one attached hydrogen (secondary N) is 2. The zero-order valence-electron chi connectivity index (χ0n) is 17.8. The van der Waals surface area contributed by atoms with Crippen molar-refractivity contribution in [3.63, 3.8) is 0 Å². The Labute approximate surface area is 186 Å². The third-order valence-electron chi connectivity index (χ3n) is 5.64. The molecule has 4 nitrogen and oxygen atoms in total. The highest BCUT2D eigenvalue weighted by molar-refractivity contribution is 5.96. The van der Waals surface area contributed by atoms with E-state index in [1.165, 1.54) is 16.3 Å². The van der Waals surface area contributed by atoms with E-state index in [2.05, 4.69) is 58.0 Å². The average molecular weight is 418 g/mol. The SMILES string of the molecule is Cc1cccc(CNC(=O)c2ccc(-c3cc(-c4cccc5ccccc45)[nH]n3)cc2)c1. The maximum atomic E-state index is 12.5. The molecule has 0 aliphatic carbocycles. The molecule has 5 rings (SSSR count). The number of benzene rings is 4. The van der Waals surface area contributed by atoms with Gasteiger partial charge >= 0.3 is 0 Å². The number of nitrogens with zero attached hydrogens (tertiary/aromatic N) is 1. The third-order valence-corrected chi connectivity index (χ3v) is 5.64. The van der Waals surface area contributed by atoms with Crippen LogP contribution in [-0.4, -0.2) is 16.1 Å². The lowest BCUT2D eigenvalue weighted by atomic mass is 10.0. The van der Waals surface area contributed by atoms with E-state index >= 15 is 0 Å². The van der Waals surface area contributed by atoms with Crippen molar-refractivity contribution in [2.24, 2.45) is 0 Å². The molecule has 0 spiro atoms. The third kappa shape index (κ3) is 4.03. The van der Waals surface area contributed by atoms with Crippen LogP contribution in [0.4, 0.5) is 0 Å². The smallest absolute Gasteiger partial charge is 0.251 e. The fourth-order valence-electron chi connectivity index (χ4n) is 3.97. The van der Waals surface area contributed by atoms with E-state index in [1.54, 1.807) is 0 Å². The summed E-state index contributed by atoms with van der Waals surface area (Å²) in [6.45, 7) is 2.56. The van der Waals surface area contributed by atoms with Gasteiger partial charge in [-0.15, -0.1) is 0 Å². The zero-order valence-corrected chi connectivity index (χ0v) is 17.8. The van der Waals surface area contributed by atoms with Gasteiger partial charge in [-0.05, 0) is 41.5 Å². The van der Waals surface area contributed by atoms with Crippen molar-refractivity contribution in [3.05, 3.63) is 114 Å². The average Bonchev–Trinajstić information content (AvgIpc) is 3.32. The Morgan fingerprint density at radius 2 is 1.66 bits per heavy atom. The molecule has 1 amide bonds.